The highest BCUT2D eigenvalue weighted by Crippen LogP contribution is 2.22. The van der Waals surface area contributed by atoms with Crippen LogP contribution in [0.2, 0.25) is 0 Å². The van der Waals surface area contributed by atoms with E-state index in [0.717, 1.165) is 5.75 Å². The minimum Gasteiger partial charge on any atom is -0.480 e. The Morgan fingerprint density at radius 2 is 2.31 bits per heavy atom. The Kier molecular flexibility index (Phi) is 5.27. The monoisotopic (exact) mass is 264 g/mol. The number of aliphatic carboxylic acids is 1. The van der Waals surface area contributed by atoms with Gasteiger partial charge >= 0.3 is 12.0 Å². The summed E-state index contributed by atoms with van der Waals surface area (Å²) in [5.41, 5.74) is 0. The van der Waals surface area contributed by atoms with E-state index in [1.807, 2.05) is 6.26 Å². The smallest absolute Gasteiger partial charge is 0.327 e. The molecule has 1 saturated heterocycles. The van der Waals surface area contributed by atoms with Gasteiger partial charge in [0.25, 0.3) is 0 Å². The Hall–Kier alpha value is -0.560. The summed E-state index contributed by atoms with van der Waals surface area (Å²) in [6.07, 6.45) is 1.98. The van der Waals surface area contributed by atoms with E-state index in [2.05, 4.69) is 0 Å². The summed E-state index contributed by atoms with van der Waals surface area (Å²) in [7, 11) is 1.71. The van der Waals surface area contributed by atoms with E-state index in [9.17, 15) is 9.59 Å². The molecule has 1 rings (SSSR count). The van der Waals surface area contributed by atoms with Crippen LogP contribution in [0.3, 0.4) is 0 Å². The fourth-order valence-corrected chi connectivity index (χ4v) is 2.97. The topological polar surface area (TPSA) is 60.9 Å². The van der Waals surface area contributed by atoms with Crippen LogP contribution in [-0.4, -0.2) is 70.2 Å². The summed E-state index contributed by atoms with van der Waals surface area (Å²) in [6, 6.07) is -0.860. The molecule has 0 aromatic rings. The molecule has 1 heterocycles. The van der Waals surface area contributed by atoms with Crippen molar-refractivity contribution in [3.8, 4) is 0 Å². The van der Waals surface area contributed by atoms with Gasteiger partial charge in [-0.3, -0.25) is 0 Å². The van der Waals surface area contributed by atoms with Crippen molar-refractivity contribution in [2.24, 2.45) is 0 Å². The quantitative estimate of drug-likeness (QED) is 0.816. The Balaban J connectivity index is 2.55. The Bertz CT molecular complexity index is 275. The molecule has 0 unspecified atom stereocenters. The van der Waals surface area contributed by atoms with Crippen LogP contribution in [-0.2, 0) is 4.79 Å². The maximum atomic E-state index is 11.9. The zero-order valence-electron chi connectivity index (χ0n) is 9.38. The molecule has 0 spiro atoms. The van der Waals surface area contributed by atoms with Gasteiger partial charge in [-0.2, -0.15) is 11.8 Å². The Labute approximate surface area is 104 Å². The predicted octanol–water partition coefficient (Wildman–Crippen LogP) is 0.861. The number of carboxylic acid groups (broad SMARTS) is 1. The first-order valence-corrected chi connectivity index (χ1v) is 7.44. The second-order valence-corrected chi connectivity index (χ2v) is 5.51. The molecule has 1 N–H and O–H groups in total. The summed E-state index contributed by atoms with van der Waals surface area (Å²) in [6.45, 7) is 0.646. The number of carbonyl (C=O) groups excluding carboxylic acids is 1. The third-order valence-electron chi connectivity index (χ3n) is 2.37. The summed E-state index contributed by atoms with van der Waals surface area (Å²) in [5, 5.41) is 8.96. The van der Waals surface area contributed by atoms with Gasteiger partial charge in [-0.25, -0.2) is 9.59 Å². The third kappa shape index (κ3) is 3.21. The highest BCUT2D eigenvalue weighted by atomic mass is 32.2. The van der Waals surface area contributed by atoms with Crippen molar-refractivity contribution in [3.63, 3.8) is 0 Å². The van der Waals surface area contributed by atoms with Crippen molar-refractivity contribution >= 4 is 35.5 Å². The molecule has 0 aromatic carbocycles. The van der Waals surface area contributed by atoms with E-state index in [1.165, 1.54) is 16.7 Å². The van der Waals surface area contributed by atoms with Crippen molar-refractivity contribution in [2.75, 3.05) is 37.2 Å². The van der Waals surface area contributed by atoms with E-state index in [1.54, 1.807) is 23.7 Å². The molecule has 92 valence electrons. The number of rotatable bonds is 4. The summed E-state index contributed by atoms with van der Waals surface area (Å²) >= 11 is 3.14. The molecule has 16 heavy (non-hydrogen) atoms. The predicted molar refractivity (Wildman–Crippen MR) is 67.0 cm³/mol. The lowest BCUT2D eigenvalue weighted by Crippen LogP contribution is -2.48. The first-order chi connectivity index (χ1) is 7.57. The van der Waals surface area contributed by atoms with Crippen LogP contribution in [0.15, 0.2) is 0 Å². The second kappa shape index (κ2) is 6.24. The average molecular weight is 264 g/mol. The number of hydrogen-bond acceptors (Lipinski definition) is 4. The standard InChI is InChI=1S/C9H16N2O3S2/c1-10(3-4-15-2)9(14)11-6-16-5-7(11)8(12)13/h7H,3-6H2,1-2H3,(H,12,13)/t7-/m0/s1. The molecular formula is C9H16N2O3S2. The van der Waals surface area contributed by atoms with E-state index in [0.29, 0.717) is 18.2 Å². The molecule has 7 heteroatoms. The van der Waals surface area contributed by atoms with Crippen LogP contribution in [0.5, 0.6) is 0 Å². The fourth-order valence-electron chi connectivity index (χ4n) is 1.38. The number of carbonyl (C=O) groups is 2. The lowest BCUT2D eigenvalue weighted by atomic mass is 10.3. The molecule has 0 aromatic heterocycles. The second-order valence-electron chi connectivity index (χ2n) is 3.52. The number of hydrogen-bond donors (Lipinski definition) is 1. The molecule has 0 radical (unpaired) electrons. The van der Waals surface area contributed by atoms with Gasteiger partial charge in [-0.05, 0) is 6.26 Å². The van der Waals surface area contributed by atoms with Crippen molar-refractivity contribution in [2.45, 2.75) is 6.04 Å². The van der Waals surface area contributed by atoms with Crippen LogP contribution in [0, 0.1) is 0 Å². The van der Waals surface area contributed by atoms with Gasteiger partial charge in [-0.1, -0.05) is 0 Å². The van der Waals surface area contributed by atoms with Gasteiger partial charge in [0.05, 0.1) is 5.88 Å². The molecule has 0 saturated carbocycles. The van der Waals surface area contributed by atoms with Crippen molar-refractivity contribution in [1.29, 1.82) is 0 Å². The summed E-state index contributed by atoms with van der Waals surface area (Å²) < 4.78 is 0. The SMILES string of the molecule is CSCCN(C)C(=O)N1CSC[C@H]1C(=O)O. The maximum absolute atomic E-state index is 11.9. The lowest BCUT2D eigenvalue weighted by molar-refractivity contribution is -0.140. The highest BCUT2D eigenvalue weighted by molar-refractivity contribution is 7.99. The van der Waals surface area contributed by atoms with Crippen LogP contribution in [0.1, 0.15) is 0 Å². The van der Waals surface area contributed by atoms with E-state index in [4.69, 9.17) is 5.11 Å². The average Bonchev–Trinajstić information content (AvgIpc) is 2.73. The van der Waals surface area contributed by atoms with Gasteiger partial charge in [0.15, 0.2) is 0 Å². The zero-order valence-corrected chi connectivity index (χ0v) is 11.0. The molecule has 1 aliphatic heterocycles. The maximum Gasteiger partial charge on any atom is 0.327 e. The molecule has 1 atom stereocenters. The Morgan fingerprint density at radius 3 is 2.88 bits per heavy atom. The number of thioether (sulfide) groups is 2. The van der Waals surface area contributed by atoms with Gasteiger partial charge in [-0.15, -0.1) is 11.8 Å². The van der Waals surface area contributed by atoms with Crippen LogP contribution in [0.25, 0.3) is 0 Å². The fraction of sp³-hybridized carbons (Fsp3) is 0.778. The van der Waals surface area contributed by atoms with Crippen molar-refractivity contribution in [1.82, 2.24) is 9.80 Å². The Morgan fingerprint density at radius 1 is 1.62 bits per heavy atom. The molecule has 5 nitrogen and oxygen atoms in total. The van der Waals surface area contributed by atoms with Gasteiger partial charge < -0.3 is 14.9 Å². The number of amides is 2. The number of nitrogens with zero attached hydrogens (tertiary/aromatic N) is 2. The molecular weight excluding hydrogens is 248 g/mol. The number of urea groups is 1. The van der Waals surface area contributed by atoms with Gasteiger partial charge in [0, 0.05) is 25.1 Å². The molecule has 1 fully saturated rings. The highest BCUT2D eigenvalue weighted by Gasteiger charge is 2.35. The van der Waals surface area contributed by atoms with Gasteiger partial charge in [0.1, 0.15) is 6.04 Å². The van der Waals surface area contributed by atoms with Crippen LogP contribution < -0.4 is 0 Å². The third-order valence-corrected chi connectivity index (χ3v) is 3.97. The zero-order chi connectivity index (χ0) is 12.1. The molecule has 0 aliphatic carbocycles. The van der Waals surface area contributed by atoms with E-state index >= 15 is 0 Å². The van der Waals surface area contributed by atoms with Gasteiger partial charge in [0.2, 0.25) is 0 Å². The van der Waals surface area contributed by atoms with E-state index in [-0.39, 0.29) is 6.03 Å². The molecule has 2 amide bonds. The van der Waals surface area contributed by atoms with Crippen molar-refractivity contribution < 1.29 is 14.7 Å². The van der Waals surface area contributed by atoms with E-state index < -0.39 is 12.0 Å². The molecule has 0 bridgehead atoms. The number of carboxylic acids is 1. The minimum absolute atomic E-state index is 0.188. The normalized spacial score (nSPS) is 19.9. The van der Waals surface area contributed by atoms with Crippen LogP contribution >= 0.6 is 23.5 Å². The molecule has 1 aliphatic rings. The summed E-state index contributed by atoms with van der Waals surface area (Å²) in [4.78, 5) is 25.9. The van der Waals surface area contributed by atoms with Crippen LogP contribution in [0.4, 0.5) is 4.79 Å². The first kappa shape index (κ1) is 13.5. The van der Waals surface area contributed by atoms with Crippen molar-refractivity contribution in [3.05, 3.63) is 0 Å². The lowest BCUT2D eigenvalue weighted by Gasteiger charge is -2.26. The minimum atomic E-state index is -0.920. The summed E-state index contributed by atoms with van der Waals surface area (Å²) in [5.74, 6) is 0.897. The largest absolute Gasteiger partial charge is 0.480 e. The first-order valence-electron chi connectivity index (χ1n) is 4.89.